The van der Waals surface area contributed by atoms with Crippen LogP contribution in [0, 0.1) is 20.2 Å². The lowest BCUT2D eigenvalue weighted by Crippen LogP contribution is -2.20. The van der Waals surface area contributed by atoms with E-state index in [4.69, 9.17) is 11.6 Å². The molecule has 29 heavy (non-hydrogen) atoms. The third-order valence-corrected chi connectivity index (χ3v) is 6.07. The van der Waals surface area contributed by atoms with E-state index in [1.165, 1.54) is 18.2 Å². The monoisotopic (exact) mass is 408 g/mol. The fourth-order valence-corrected chi connectivity index (χ4v) is 4.41. The van der Waals surface area contributed by atoms with Gasteiger partial charge in [0, 0.05) is 40.6 Å². The number of hydrogen-bond donors (Lipinski definition) is 0. The molecule has 0 heterocycles. The molecule has 0 aliphatic heterocycles. The van der Waals surface area contributed by atoms with Gasteiger partial charge in [-0.1, -0.05) is 48.9 Å². The van der Waals surface area contributed by atoms with Gasteiger partial charge in [0.15, 0.2) is 0 Å². The highest BCUT2D eigenvalue weighted by molar-refractivity contribution is 6.30. The molecule has 0 N–H and O–H groups in total. The van der Waals surface area contributed by atoms with E-state index in [-0.39, 0.29) is 17.3 Å². The van der Waals surface area contributed by atoms with Crippen molar-refractivity contribution in [2.24, 2.45) is 0 Å². The van der Waals surface area contributed by atoms with E-state index in [0.717, 1.165) is 22.3 Å². The molecule has 0 fully saturated rings. The zero-order valence-corrected chi connectivity index (χ0v) is 16.3. The van der Waals surface area contributed by atoms with Crippen LogP contribution in [-0.4, -0.2) is 9.85 Å². The van der Waals surface area contributed by atoms with Crippen LogP contribution in [0.3, 0.4) is 0 Å². The molecular formula is C22H17ClN2O4. The maximum Gasteiger partial charge on any atom is 0.269 e. The summed E-state index contributed by atoms with van der Waals surface area (Å²) in [6.07, 6.45) is 0.697. The summed E-state index contributed by atoms with van der Waals surface area (Å²) in [7, 11) is 0. The van der Waals surface area contributed by atoms with Crippen LogP contribution in [0.4, 0.5) is 11.4 Å². The first-order valence-corrected chi connectivity index (χ1v) is 9.46. The van der Waals surface area contributed by atoms with Gasteiger partial charge in [0.05, 0.1) is 9.85 Å². The third-order valence-electron chi connectivity index (χ3n) is 5.82. The second kappa shape index (κ2) is 6.97. The van der Waals surface area contributed by atoms with E-state index in [2.05, 4.69) is 0 Å². The van der Waals surface area contributed by atoms with Crippen LogP contribution in [0.1, 0.15) is 41.5 Å². The lowest BCUT2D eigenvalue weighted by Gasteiger charge is -2.26. The number of fused-ring (bicyclic) bond motifs is 1. The fraction of sp³-hybridized carbons (Fsp3) is 0.182. The van der Waals surface area contributed by atoms with Gasteiger partial charge in [-0.2, -0.15) is 0 Å². The molecule has 7 heteroatoms. The molecule has 0 amide bonds. The molecule has 0 bridgehead atoms. The van der Waals surface area contributed by atoms with Crippen LogP contribution in [0.15, 0.2) is 66.7 Å². The van der Waals surface area contributed by atoms with Crippen molar-refractivity contribution in [3.05, 3.63) is 114 Å². The molecule has 3 aromatic carbocycles. The summed E-state index contributed by atoms with van der Waals surface area (Å²) >= 11 is 6.04. The Labute approximate surface area is 172 Å². The first-order chi connectivity index (χ1) is 13.8. The van der Waals surface area contributed by atoms with Crippen molar-refractivity contribution < 1.29 is 9.85 Å². The molecule has 0 aromatic heterocycles. The van der Waals surface area contributed by atoms with Crippen molar-refractivity contribution in [2.45, 2.75) is 24.7 Å². The molecular weight excluding hydrogens is 392 g/mol. The predicted molar refractivity (Wildman–Crippen MR) is 111 cm³/mol. The minimum absolute atomic E-state index is 0.0175. The number of nitro groups is 2. The molecule has 1 aliphatic carbocycles. The average Bonchev–Trinajstić information content (AvgIpc) is 3.02. The summed E-state index contributed by atoms with van der Waals surface area (Å²) in [6.45, 7) is 2.03. The van der Waals surface area contributed by atoms with E-state index < -0.39 is 15.3 Å². The second-order valence-corrected chi connectivity index (χ2v) is 7.91. The van der Waals surface area contributed by atoms with Crippen molar-refractivity contribution in [2.75, 3.05) is 0 Å². The van der Waals surface area contributed by atoms with Gasteiger partial charge in [-0.3, -0.25) is 20.2 Å². The maximum atomic E-state index is 11.4. The Kier molecular flexibility index (Phi) is 4.59. The van der Waals surface area contributed by atoms with Gasteiger partial charge in [0.1, 0.15) is 0 Å². The minimum Gasteiger partial charge on any atom is -0.258 e. The van der Waals surface area contributed by atoms with Crippen LogP contribution in [-0.2, 0) is 5.41 Å². The van der Waals surface area contributed by atoms with Crippen LogP contribution >= 0.6 is 11.6 Å². The van der Waals surface area contributed by atoms with Gasteiger partial charge in [0.2, 0.25) is 0 Å². The minimum atomic E-state index is -0.513. The normalized spacial score (nSPS) is 20.3. The van der Waals surface area contributed by atoms with Crippen molar-refractivity contribution in [1.29, 1.82) is 0 Å². The van der Waals surface area contributed by atoms with Crippen LogP contribution < -0.4 is 0 Å². The molecule has 4 rings (SSSR count). The molecule has 0 spiro atoms. The van der Waals surface area contributed by atoms with E-state index >= 15 is 0 Å². The zero-order valence-electron chi connectivity index (χ0n) is 15.5. The number of non-ortho nitro benzene ring substituents is 2. The zero-order chi connectivity index (χ0) is 20.8. The van der Waals surface area contributed by atoms with Gasteiger partial charge in [0.25, 0.3) is 11.4 Å². The van der Waals surface area contributed by atoms with E-state index in [1.807, 2.05) is 37.3 Å². The Balaban J connectivity index is 1.86. The van der Waals surface area contributed by atoms with E-state index in [1.54, 1.807) is 18.2 Å². The summed E-state index contributed by atoms with van der Waals surface area (Å²) in [5, 5.41) is 23.0. The number of nitro benzene ring substituents is 2. The Morgan fingerprint density at radius 3 is 2.07 bits per heavy atom. The first-order valence-electron chi connectivity index (χ1n) is 9.09. The number of halogens is 1. The Bertz CT molecular complexity index is 1110. The lowest BCUT2D eigenvalue weighted by molar-refractivity contribution is -0.385. The SMILES string of the molecule is CC1(c2ccc([N+](=O)[O-])cc2)CC(c2ccc(Cl)cc2)c2ccc([N+](=O)[O-])cc21. The van der Waals surface area contributed by atoms with Crippen LogP contribution in [0.5, 0.6) is 0 Å². The quantitative estimate of drug-likeness (QED) is 0.391. The van der Waals surface area contributed by atoms with E-state index in [9.17, 15) is 20.2 Å². The van der Waals surface area contributed by atoms with Crippen LogP contribution in [0.2, 0.25) is 5.02 Å². The molecule has 3 aromatic rings. The average molecular weight is 409 g/mol. The van der Waals surface area contributed by atoms with Gasteiger partial charge in [-0.05, 0) is 40.8 Å². The summed E-state index contributed by atoms with van der Waals surface area (Å²) in [5.41, 5.74) is 3.41. The molecule has 146 valence electrons. The summed E-state index contributed by atoms with van der Waals surface area (Å²) in [6, 6.07) is 19.0. The highest BCUT2D eigenvalue weighted by Gasteiger charge is 2.43. The molecule has 0 radical (unpaired) electrons. The molecule has 2 unspecified atom stereocenters. The number of hydrogen-bond acceptors (Lipinski definition) is 4. The second-order valence-electron chi connectivity index (χ2n) is 7.47. The topological polar surface area (TPSA) is 86.3 Å². The summed E-state index contributed by atoms with van der Waals surface area (Å²) in [5.74, 6) is 0.0447. The summed E-state index contributed by atoms with van der Waals surface area (Å²) < 4.78 is 0. The highest BCUT2D eigenvalue weighted by atomic mass is 35.5. The number of rotatable bonds is 4. The summed E-state index contributed by atoms with van der Waals surface area (Å²) in [4.78, 5) is 21.6. The maximum absolute atomic E-state index is 11.4. The van der Waals surface area contributed by atoms with Gasteiger partial charge < -0.3 is 0 Å². The predicted octanol–water partition coefficient (Wildman–Crippen LogP) is 6.00. The van der Waals surface area contributed by atoms with Crippen LogP contribution in [0.25, 0.3) is 0 Å². The van der Waals surface area contributed by atoms with Gasteiger partial charge >= 0.3 is 0 Å². The van der Waals surface area contributed by atoms with Crippen molar-refractivity contribution in [1.82, 2.24) is 0 Å². The molecule has 0 saturated heterocycles. The van der Waals surface area contributed by atoms with Crippen molar-refractivity contribution in [3.8, 4) is 0 Å². The molecule has 0 saturated carbocycles. The number of nitrogens with zero attached hydrogens (tertiary/aromatic N) is 2. The smallest absolute Gasteiger partial charge is 0.258 e. The Morgan fingerprint density at radius 2 is 1.48 bits per heavy atom. The molecule has 1 aliphatic rings. The van der Waals surface area contributed by atoms with Crippen molar-refractivity contribution >= 4 is 23.0 Å². The number of benzene rings is 3. The Hall–Kier alpha value is -3.25. The standard InChI is InChI=1S/C22H17ClN2O4/c1-22(15-4-8-17(9-5-15)24(26)27)13-20(14-2-6-16(23)7-3-14)19-11-10-18(25(28)29)12-21(19)22/h2-12,20H,13H2,1H3. The van der Waals surface area contributed by atoms with Gasteiger partial charge in [-0.15, -0.1) is 0 Å². The van der Waals surface area contributed by atoms with Crippen molar-refractivity contribution in [3.63, 3.8) is 0 Å². The molecule has 2 atom stereocenters. The highest BCUT2D eigenvalue weighted by Crippen LogP contribution is 2.53. The van der Waals surface area contributed by atoms with E-state index in [0.29, 0.717) is 11.4 Å². The fourth-order valence-electron chi connectivity index (χ4n) is 4.28. The largest absolute Gasteiger partial charge is 0.269 e. The third kappa shape index (κ3) is 3.25. The molecule has 6 nitrogen and oxygen atoms in total. The first kappa shape index (κ1) is 19.1. The Morgan fingerprint density at radius 1 is 0.897 bits per heavy atom. The lowest BCUT2D eigenvalue weighted by atomic mass is 9.76. The van der Waals surface area contributed by atoms with Gasteiger partial charge in [-0.25, -0.2) is 0 Å².